The van der Waals surface area contributed by atoms with Crippen LogP contribution in [0.2, 0.25) is 0 Å². The van der Waals surface area contributed by atoms with Gasteiger partial charge in [0.1, 0.15) is 5.82 Å². The van der Waals surface area contributed by atoms with Gasteiger partial charge in [0.05, 0.1) is 22.9 Å². The number of rotatable bonds is 4. The Morgan fingerprint density at radius 2 is 2.15 bits per heavy atom. The summed E-state index contributed by atoms with van der Waals surface area (Å²) < 4.78 is 1.97. The van der Waals surface area contributed by atoms with Crippen LogP contribution < -0.4 is 5.32 Å². The van der Waals surface area contributed by atoms with E-state index in [0.29, 0.717) is 0 Å². The Hall–Kier alpha value is -2.21. The maximum absolute atomic E-state index is 4.46. The van der Waals surface area contributed by atoms with Crippen molar-refractivity contribution in [1.82, 2.24) is 19.5 Å². The van der Waals surface area contributed by atoms with Crippen molar-refractivity contribution in [1.29, 1.82) is 0 Å². The molecule has 0 saturated heterocycles. The third-order valence-electron chi connectivity index (χ3n) is 3.11. The predicted octanol–water partition coefficient (Wildman–Crippen LogP) is 3.21. The fourth-order valence-corrected chi connectivity index (χ4v) is 2.69. The smallest absolute Gasteiger partial charge is 0.161 e. The van der Waals surface area contributed by atoms with Crippen LogP contribution in [0.5, 0.6) is 0 Å². The molecule has 1 atom stereocenters. The summed E-state index contributed by atoms with van der Waals surface area (Å²) in [6, 6.07) is 4.07. The lowest BCUT2D eigenvalue weighted by Crippen LogP contribution is -2.11. The standard InChI is InChI=1S/C14H15N5S/c1-10(13-8-20-9-17-13)18-12-4-3-5-16-14(12)19-7-6-15-11(19)2/h3-10,18H,1-2H3. The molecule has 0 aliphatic carbocycles. The fraction of sp³-hybridized carbons (Fsp3) is 0.214. The summed E-state index contributed by atoms with van der Waals surface area (Å²) in [6.07, 6.45) is 5.47. The molecule has 0 aliphatic rings. The first-order valence-electron chi connectivity index (χ1n) is 6.35. The van der Waals surface area contributed by atoms with Gasteiger partial charge in [-0.3, -0.25) is 4.57 Å². The summed E-state index contributed by atoms with van der Waals surface area (Å²) in [7, 11) is 0. The zero-order chi connectivity index (χ0) is 13.9. The average Bonchev–Trinajstić information content (AvgIpc) is 3.10. The molecule has 1 unspecified atom stereocenters. The minimum atomic E-state index is 0.132. The molecule has 0 radical (unpaired) electrons. The summed E-state index contributed by atoms with van der Waals surface area (Å²) in [6.45, 7) is 4.05. The van der Waals surface area contributed by atoms with Crippen molar-refractivity contribution in [3.8, 4) is 5.82 Å². The molecule has 1 N–H and O–H groups in total. The summed E-state index contributed by atoms with van der Waals surface area (Å²) in [5.41, 5.74) is 3.85. The van der Waals surface area contributed by atoms with Crippen LogP contribution in [0.3, 0.4) is 0 Å². The zero-order valence-corrected chi connectivity index (χ0v) is 12.1. The number of nitrogens with one attached hydrogen (secondary N) is 1. The summed E-state index contributed by atoms with van der Waals surface area (Å²) in [5.74, 6) is 1.76. The lowest BCUT2D eigenvalue weighted by atomic mass is 10.2. The van der Waals surface area contributed by atoms with Crippen LogP contribution in [0.4, 0.5) is 5.69 Å². The van der Waals surface area contributed by atoms with Gasteiger partial charge in [0.2, 0.25) is 0 Å². The van der Waals surface area contributed by atoms with Crippen LogP contribution in [0.15, 0.2) is 41.6 Å². The molecule has 0 aromatic carbocycles. The van der Waals surface area contributed by atoms with Gasteiger partial charge in [-0.05, 0) is 26.0 Å². The SMILES string of the molecule is Cc1nccn1-c1ncccc1NC(C)c1cscn1. The maximum Gasteiger partial charge on any atom is 0.161 e. The van der Waals surface area contributed by atoms with E-state index in [1.807, 2.05) is 35.3 Å². The van der Waals surface area contributed by atoms with E-state index < -0.39 is 0 Å². The molecule has 3 rings (SSSR count). The van der Waals surface area contributed by atoms with Gasteiger partial charge < -0.3 is 5.32 Å². The predicted molar refractivity (Wildman–Crippen MR) is 80.2 cm³/mol. The highest BCUT2D eigenvalue weighted by atomic mass is 32.1. The molecule has 6 heteroatoms. The van der Waals surface area contributed by atoms with Crippen molar-refractivity contribution in [2.24, 2.45) is 0 Å². The van der Waals surface area contributed by atoms with Crippen LogP contribution in [0, 0.1) is 6.92 Å². The number of hydrogen-bond acceptors (Lipinski definition) is 5. The van der Waals surface area contributed by atoms with Crippen molar-refractivity contribution in [3.63, 3.8) is 0 Å². The van der Waals surface area contributed by atoms with Crippen LogP contribution in [-0.4, -0.2) is 19.5 Å². The quantitative estimate of drug-likeness (QED) is 0.799. The molecule has 5 nitrogen and oxygen atoms in total. The zero-order valence-electron chi connectivity index (χ0n) is 11.3. The van der Waals surface area contributed by atoms with Gasteiger partial charge in [-0.1, -0.05) is 0 Å². The highest BCUT2D eigenvalue weighted by Gasteiger charge is 2.12. The van der Waals surface area contributed by atoms with Gasteiger partial charge in [0.15, 0.2) is 5.82 Å². The van der Waals surface area contributed by atoms with Gasteiger partial charge in [-0.25, -0.2) is 15.0 Å². The Bertz CT molecular complexity index is 689. The molecule has 20 heavy (non-hydrogen) atoms. The molecule has 3 aromatic heterocycles. The van der Waals surface area contributed by atoms with E-state index in [4.69, 9.17) is 0 Å². The Morgan fingerprint density at radius 3 is 2.85 bits per heavy atom. The van der Waals surface area contributed by atoms with E-state index in [2.05, 4.69) is 32.6 Å². The van der Waals surface area contributed by atoms with Crippen LogP contribution in [0.25, 0.3) is 5.82 Å². The maximum atomic E-state index is 4.46. The third kappa shape index (κ3) is 2.42. The van der Waals surface area contributed by atoms with Gasteiger partial charge in [-0.15, -0.1) is 11.3 Å². The number of nitrogens with zero attached hydrogens (tertiary/aromatic N) is 4. The van der Waals surface area contributed by atoms with E-state index in [-0.39, 0.29) is 6.04 Å². The van der Waals surface area contributed by atoms with Gasteiger partial charge in [-0.2, -0.15) is 0 Å². The Morgan fingerprint density at radius 1 is 1.25 bits per heavy atom. The van der Waals surface area contributed by atoms with Crippen molar-refractivity contribution in [2.75, 3.05) is 5.32 Å². The van der Waals surface area contributed by atoms with Gasteiger partial charge >= 0.3 is 0 Å². The number of anilines is 1. The highest BCUT2D eigenvalue weighted by molar-refractivity contribution is 7.07. The van der Waals surface area contributed by atoms with E-state index in [0.717, 1.165) is 23.0 Å². The van der Waals surface area contributed by atoms with Crippen molar-refractivity contribution >= 4 is 17.0 Å². The summed E-state index contributed by atoms with van der Waals surface area (Å²) in [5, 5.41) is 5.51. The van der Waals surface area contributed by atoms with Crippen molar-refractivity contribution in [3.05, 3.63) is 53.1 Å². The normalized spacial score (nSPS) is 12.3. The van der Waals surface area contributed by atoms with E-state index in [9.17, 15) is 0 Å². The topological polar surface area (TPSA) is 55.6 Å². The third-order valence-corrected chi connectivity index (χ3v) is 3.71. The average molecular weight is 285 g/mol. The lowest BCUT2D eigenvalue weighted by molar-refractivity contribution is 0.839. The Labute approximate surface area is 121 Å². The van der Waals surface area contributed by atoms with Crippen molar-refractivity contribution < 1.29 is 0 Å². The van der Waals surface area contributed by atoms with E-state index >= 15 is 0 Å². The first-order valence-corrected chi connectivity index (χ1v) is 7.30. The monoisotopic (exact) mass is 285 g/mol. The number of aromatic nitrogens is 4. The number of hydrogen-bond donors (Lipinski definition) is 1. The van der Waals surface area contributed by atoms with Crippen molar-refractivity contribution in [2.45, 2.75) is 19.9 Å². The minimum absolute atomic E-state index is 0.132. The second-order valence-corrected chi connectivity index (χ2v) is 5.22. The van der Waals surface area contributed by atoms with Crippen LogP contribution >= 0.6 is 11.3 Å². The van der Waals surface area contributed by atoms with Gasteiger partial charge in [0.25, 0.3) is 0 Å². The minimum Gasteiger partial charge on any atom is -0.374 e. The van der Waals surface area contributed by atoms with E-state index in [1.54, 1.807) is 23.7 Å². The molecule has 0 amide bonds. The molecular weight excluding hydrogens is 270 g/mol. The number of pyridine rings is 1. The Kier molecular flexibility index (Phi) is 3.47. The molecule has 0 bridgehead atoms. The molecule has 3 heterocycles. The molecule has 3 aromatic rings. The van der Waals surface area contributed by atoms with E-state index in [1.165, 1.54) is 0 Å². The molecule has 0 spiro atoms. The first-order chi connectivity index (χ1) is 9.75. The molecule has 102 valence electrons. The summed E-state index contributed by atoms with van der Waals surface area (Å²) in [4.78, 5) is 13.0. The molecular formula is C14H15N5S. The lowest BCUT2D eigenvalue weighted by Gasteiger charge is -2.16. The van der Waals surface area contributed by atoms with Gasteiger partial charge in [0, 0.05) is 24.0 Å². The second kappa shape index (κ2) is 5.42. The highest BCUT2D eigenvalue weighted by Crippen LogP contribution is 2.24. The molecule has 0 saturated carbocycles. The number of imidazole rings is 1. The second-order valence-electron chi connectivity index (χ2n) is 4.50. The number of aryl methyl sites for hydroxylation is 1. The molecule has 0 aliphatic heterocycles. The van der Waals surface area contributed by atoms with Crippen LogP contribution in [0.1, 0.15) is 24.5 Å². The summed E-state index contributed by atoms with van der Waals surface area (Å²) >= 11 is 1.60. The fourth-order valence-electron chi connectivity index (χ4n) is 2.05. The van der Waals surface area contributed by atoms with Crippen LogP contribution in [-0.2, 0) is 0 Å². The first kappa shape index (κ1) is 12.8. The molecule has 0 fully saturated rings. The largest absolute Gasteiger partial charge is 0.374 e. The number of thiazole rings is 1. The Balaban J connectivity index is 1.93.